The molecule has 0 bridgehead atoms. The maximum absolute atomic E-state index is 5.63. The van der Waals surface area contributed by atoms with Crippen LogP contribution in [0.5, 0.6) is 0 Å². The number of rotatable bonds is 4. The van der Waals surface area contributed by atoms with Crippen LogP contribution >= 0.6 is 0 Å². The lowest BCUT2D eigenvalue weighted by atomic mass is 9.98. The molecule has 0 aromatic carbocycles. The normalized spacial score (nSPS) is 24.9. The van der Waals surface area contributed by atoms with Gasteiger partial charge in [0.15, 0.2) is 0 Å². The van der Waals surface area contributed by atoms with Crippen LogP contribution in [-0.4, -0.2) is 29.6 Å². The van der Waals surface area contributed by atoms with Gasteiger partial charge in [-0.3, -0.25) is 4.90 Å². The van der Waals surface area contributed by atoms with E-state index in [0.717, 1.165) is 13.0 Å². The van der Waals surface area contributed by atoms with Gasteiger partial charge in [0.2, 0.25) is 0 Å². The van der Waals surface area contributed by atoms with Gasteiger partial charge in [-0.15, -0.1) is 0 Å². The molecular formula is C11H24N2. The van der Waals surface area contributed by atoms with Crippen molar-refractivity contribution < 1.29 is 0 Å². The molecule has 2 N–H and O–H groups in total. The zero-order valence-electron chi connectivity index (χ0n) is 9.34. The van der Waals surface area contributed by atoms with Crippen molar-refractivity contribution in [1.82, 2.24) is 4.90 Å². The zero-order valence-corrected chi connectivity index (χ0v) is 9.34. The molecule has 0 amide bonds. The van der Waals surface area contributed by atoms with Crippen molar-refractivity contribution in [2.45, 2.75) is 58.0 Å². The maximum Gasteiger partial charge on any atom is 0.0156 e. The van der Waals surface area contributed by atoms with E-state index in [9.17, 15) is 0 Å². The van der Waals surface area contributed by atoms with Gasteiger partial charge in [-0.05, 0) is 52.6 Å². The molecule has 78 valence electrons. The van der Waals surface area contributed by atoms with E-state index in [-0.39, 0.29) is 0 Å². The lowest BCUT2D eigenvalue weighted by molar-refractivity contribution is 0.107. The van der Waals surface area contributed by atoms with Crippen molar-refractivity contribution in [2.24, 2.45) is 5.73 Å². The Morgan fingerprint density at radius 3 is 2.54 bits per heavy atom. The van der Waals surface area contributed by atoms with Gasteiger partial charge in [0, 0.05) is 11.6 Å². The summed E-state index contributed by atoms with van der Waals surface area (Å²) in [4.78, 5) is 2.65. The third kappa shape index (κ3) is 2.44. The summed E-state index contributed by atoms with van der Waals surface area (Å²) in [6, 6.07) is 0.711. The molecule has 1 aliphatic rings. The molecule has 1 rings (SSSR count). The second-order valence-electron chi connectivity index (χ2n) is 4.75. The molecule has 0 aromatic rings. The van der Waals surface area contributed by atoms with Crippen LogP contribution in [0.1, 0.15) is 46.5 Å². The summed E-state index contributed by atoms with van der Waals surface area (Å²) in [5.41, 5.74) is 6.05. The SMILES string of the molecule is CCC(CCN)N1CCCC1(C)C. The van der Waals surface area contributed by atoms with Gasteiger partial charge >= 0.3 is 0 Å². The molecule has 1 heterocycles. The molecule has 1 atom stereocenters. The molecule has 13 heavy (non-hydrogen) atoms. The quantitative estimate of drug-likeness (QED) is 0.724. The Balaban J connectivity index is 2.57. The van der Waals surface area contributed by atoms with Crippen LogP contribution in [0.2, 0.25) is 0 Å². The lowest BCUT2D eigenvalue weighted by Crippen LogP contribution is -2.45. The fourth-order valence-corrected chi connectivity index (χ4v) is 2.58. The molecular weight excluding hydrogens is 160 g/mol. The molecule has 0 spiro atoms. The van der Waals surface area contributed by atoms with Crippen molar-refractivity contribution in [2.75, 3.05) is 13.1 Å². The number of nitrogens with zero attached hydrogens (tertiary/aromatic N) is 1. The van der Waals surface area contributed by atoms with Crippen LogP contribution in [0.25, 0.3) is 0 Å². The summed E-state index contributed by atoms with van der Waals surface area (Å²) < 4.78 is 0. The van der Waals surface area contributed by atoms with Gasteiger partial charge < -0.3 is 5.73 Å². The first kappa shape index (κ1) is 11.0. The monoisotopic (exact) mass is 184 g/mol. The first-order valence-corrected chi connectivity index (χ1v) is 5.58. The number of likely N-dealkylation sites (tertiary alicyclic amines) is 1. The predicted molar refractivity (Wildman–Crippen MR) is 57.8 cm³/mol. The van der Waals surface area contributed by atoms with Crippen molar-refractivity contribution in [1.29, 1.82) is 0 Å². The fraction of sp³-hybridized carbons (Fsp3) is 1.00. The van der Waals surface area contributed by atoms with Crippen molar-refractivity contribution in [3.8, 4) is 0 Å². The average Bonchev–Trinajstić information content (AvgIpc) is 2.41. The van der Waals surface area contributed by atoms with Crippen LogP contribution in [0, 0.1) is 0 Å². The molecule has 1 saturated heterocycles. The van der Waals surface area contributed by atoms with Crippen molar-refractivity contribution in [3.05, 3.63) is 0 Å². The van der Waals surface area contributed by atoms with E-state index in [1.165, 1.54) is 25.8 Å². The highest BCUT2D eigenvalue weighted by molar-refractivity contribution is 4.91. The molecule has 0 saturated carbocycles. The van der Waals surface area contributed by atoms with E-state index in [1.54, 1.807) is 0 Å². The Kier molecular flexibility index (Phi) is 3.74. The number of hydrogen-bond acceptors (Lipinski definition) is 2. The van der Waals surface area contributed by atoms with Crippen LogP contribution in [0.4, 0.5) is 0 Å². The third-order valence-electron chi connectivity index (χ3n) is 3.38. The summed E-state index contributed by atoms with van der Waals surface area (Å²) in [5.74, 6) is 0. The minimum Gasteiger partial charge on any atom is -0.330 e. The first-order valence-electron chi connectivity index (χ1n) is 5.58. The Hall–Kier alpha value is -0.0800. The summed E-state index contributed by atoms with van der Waals surface area (Å²) in [6.45, 7) is 9.09. The second-order valence-corrected chi connectivity index (χ2v) is 4.75. The van der Waals surface area contributed by atoms with Gasteiger partial charge in [0.25, 0.3) is 0 Å². The number of hydrogen-bond donors (Lipinski definition) is 1. The molecule has 0 aromatic heterocycles. The topological polar surface area (TPSA) is 29.3 Å². The maximum atomic E-state index is 5.63. The van der Waals surface area contributed by atoms with E-state index < -0.39 is 0 Å². The number of nitrogens with two attached hydrogens (primary N) is 1. The molecule has 2 heteroatoms. The Labute approximate surface area is 82.5 Å². The minimum atomic E-state index is 0.413. The molecule has 0 radical (unpaired) electrons. The van der Waals surface area contributed by atoms with Crippen LogP contribution in [0.15, 0.2) is 0 Å². The van der Waals surface area contributed by atoms with Crippen LogP contribution in [-0.2, 0) is 0 Å². The molecule has 2 nitrogen and oxygen atoms in total. The molecule has 1 unspecified atom stereocenters. The van der Waals surface area contributed by atoms with Gasteiger partial charge in [0.05, 0.1) is 0 Å². The van der Waals surface area contributed by atoms with E-state index in [0.29, 0.717) is 11.6 Å². The molecule has 1 aliphatic heterocycles. The van der Waals surface area contributed by atoms with E-state index in [1.807, 2.05) is 0 Å². The van der Waals surface area contributed by atoms with Crippen molar-refractivity contribution in [3.63, 3.8) is 0 Å². The summed E-state index contributed by atoms with van der Waals surface area (Å²) in [5, 5.41) is 0. The Morgan fingerprint density at radius 2 is 2.15 bits per heavy atom. The highest BCUT2D eigenvalue weighted by Crippen LogP contribution is 2.31. The fourth-order valence-electron chi connectivity index (χ4n) is 2.58. The Bertz CT molecular complexity index is 154. The summed E-state index contributed by atoms with van der Waals surface area (Å²) >= 11 is 0. The zero-order chi connectivity index (χ0) is 9.90. The Morgan fingerprint density at radius 1 is 1.46 bits per heavy atom. The van der Waals surface area contributed by atoms with E-state index in [2.05, 4.69) is 25.7 Å². The molecule has 1 fully saturated rings. The highest BCUT2D eigenvalue weighted by atomic mass is 15.2. The lowest BCUT2D eigenvalue weighted by Gasteiger charge is -2.38. The largest absolute Gasteiger partial charge is 0.330 e. The van der Waals surface area contributed by atoms with E-state index in [4.69, 9.17) is 5.73 Å². The minimum absolute atomic E-state index is 0.413. The second kappa shape index (κ2) is 4.43. The average molecular weight is 184 g/mol. The summed E-state index contributed by atoms with van der Waals surface area (Å²) in [6.07, 6.45) is 5.09. The van der Waals surface area contributed by atoms with Crippen LogP contribution in [0.3, 0.4) is 0 Å². The van der Waals surface area contributed by atoms with Gasteiger partial charge in [0.1, 0.15) is 0 Å². The van der Waals surface area contributed by atoms with Crippen LogP contribution < -0.4 is 5.73 Å². The molecule has 0 aliphatic carbocycles. The van der Waals surface area contributed by atoms with Gasteiger partial charge in [-0.25, -0.2) is 0 Å². The standard InChI is InChI=1S/C11H24N2/c1-4-10(6-8-12)13-9-5-7-11(13,2)3/h10H,4-9,12H2,1-3H3. The third-order valence-corrected chi connectivity index (χ3v) is 3.38. The highest BCUT2D eigenvalue weighted by Gasteiger charge is 2.35. The summed E-state index contributed by atoms with van der Waals surface area (Å²) in [7, 11) is 0. The van der Waals surface area contributed by atoms with Gasteiger partial charge in [-0.2, -0.15) is 0 Å². The predicted octanol–water partition coefficient (Wildman–Crippen LogP) is 1.99. The van der Waals surface area contributed by atoms with E-state index >= 15 is 0 Å². The van der Waals surface area contributed by atoms with Gasteiger partial charge in [-0.1, -0.05) is 6.92 Å². The van der Waals surface area contributed by atoms with Crippen molar-refractivity contribution >= 4 is 0 Å². The first-order chi connectivity index (χ1) is 6.11. The smallest absolute Gasteiger partial charge is 0.0156 e.